The summed E-state index contributed by atoms with van der Waals surface area (Å²) in [4.78, 5) is 5.56. The van der Waals surface area contributed by atoms with Crippen molar-refractivity contribution in [3.63, 3.8) is 0 Å². The van der Waals surface area contributed by atoms with Crippen LogP contribution in [-0.2, 0) is 13.0 Å². The molecule has 134 valence electrons. The molecule has 1 aliphatic heterocycles. The van der Waals surface area contributed by atoms with Crippen molar-refractivity contribution in [1.29, 1.82) is 0 Å². The van der Waals surface area contributed by atoms with Gasteiger partial charge in [-0.15, -0.1) is 35.7 Å². The Hall–Kier alpha value is -1.41. The first-order chi connectivity index (χ1) is 11.8. The molecule has 25 heavy (non-hydrogen) atoms. The first kappa shape index (κ1) is 19.9. The summed E-state index contributed by atoms with van der Waals surface area (Å²) in [5.74, 6) is 1.80. The van der Waals surface area contributed by atoms with Gasteiger partial charge in [-0.2, -0.15) is 0 Å². The van der Waals surface area contributed by atoms with Gasteiger partial charge in [0.1, 0.15) is 11.9 Å². The minimum Gasteiger partial charge on any atom is -0.488 e. The van der Waals surface area contributed by atoms with E-state index in [2.05, 4.69) is 58.3 Å². The highest BCUT2D eigenvalue weighted by Gasteiger charge is 2.22. The predicted molar refractivity (Wildman–Crippen MR) is 116 cm³/mol. The summed E-state index contributed by atoms with van der Waals surface area (Å²) in [6.07, 6.45) is 3.18. The molecule has 1 unspecified atom stereocenters. The molecule has 0 amide bonds. The van der Waals surface area contributed by atoms with Crippen molar-refractivity contribution in [3.05, 3.63) is 59.7 Å². The van der Waals surface area contributed by atoms with Crippen molar-refractivity contribution < 1.29 is 4.74 Å². The van der Waals surface area contributed by atoms with E-state index in [0.29, 0.717) is 0 Å². The standard InChI is InChI=1S/C19H23N3OS.HI/c1-20-19(21-12-14-7-9-17(24-2)10-8-14)22-13-16-11-15-5-3-4-6-18(15)23-16;/h3-10,16H,11-13H2,1-2H3,(H2,20,21,22);1H. The van der Waals surface area contributed by atoms with Gasteiger partial charge in [0.2, 0.25) is 0 Å². The molecule has 1 heterocycles. The molecule has 1 aliphatic rings. The third-order valence-corrected chi connectivity index (χ3v) is 4.80. The van der Waals surface area contributed by atoms with E-state index in [1.54, 1.807) is 18.8 Å². The second-order valence-corrected chi connectivity index (χ2v) is 6.59. The highest BCUT2D eigenvalue weighted by atomic mass is 127. The third kappa shape index (κ3) is 5.54. The van der Waals surface area contributed by atoms with Crippen LogP contribution in [0.25, 0.3) is 0 Å². The topological polar surface area (TPSA) is 45.7 Å². The molecule has 0 radical (unpaired) electrons. The minimum absolute atomic E-state index is 0. The molecular formula is C19H24IN3OS. The molecule has 1 atom stereocenters. The molecule has 0 aliphatic carbocycles. The monoisotopic (exact) mass is 469 g/mol. The van der Waals surface area contributed by atoms with Gasteiger partial charge in [-0.1, -0.05) is 30.3 Å². The Labute approximate surface area is 170 Å². The van der Waals surface area contributed by atoms with Gasteiger partial charge in [0.15, 0.2) is 5.96 Å². The molecule has 2 aromatic carbocycles. The normalized spacial score (nSPS) is 15.8. The van der Waals surface area contributed by atoms with Crippen LogP contribution in [0.1, 0.15) is 11.1 Å². The average Bonchev–Trinajstić information content (AvgIpc) is 3.05. The number of benzene rings is 2. The molecule has 0 saturated heterocycles. The van der Waals surface area contributed by atoms with Gasteiger partial charge in [-0.05, 0) is 35.6 Å². The smallest absolute Gasteiger partial charge is 0.191 e. The number of thioether (sulfide) groups is 1. The number of nitrogens with zero attached hydrogens (tertiary/aromatic N) is 1. The van der Waals surface area contributed by atoms with Crippen molar-refractivity contribution in [2.45, 2.75) is 24.0 Å². The Kier molecular flexibility index (Phi) is 7.90. The lowest BCUT2D eigenvalue weighted by atomic mass is 10.1. The first-order valence-corrected chi connectivity index (χ1v) is 9.33. The number of halogens is 1. The number of hydrogen-bond acceptors (Lipinski definition) is 3. The van der Waals surface area contributed by atoms with Crippen molar-refractivity contribution in [3.8, 4) is 5.75 Å². The van der Waals surface area contributed by atoms with Crippen LogP contribution in [0, 0.1) is 0 Å². The Bertz CT molecular complexity index is 681. The Balaban J connectivity index is 0.00000225. The van der Waals surface area contributed by atoms with E-state index < -0.39 is 0 Å². The zero-order chi connectivity index (χ0) is 16.8. The summed E-state index contributed by atoms with van der Waals surface area (Å²) >= 11 is 1.75. The summed E-state index contributed by atoms with van der Waals surface area (Å²) in [6, 6.07) is 16.8. The molecule has 0 aromatic heterocycles. The summed E-state index contributed by atoms with van der Waals surface area (Å²) < 4.78 is 5.94. The Morgan fingerprint density at radius 1 is 1.16 bits per heavy atom. The van der Waals surface area contributed by atoms with Crippen LogP contribution in [0.2, 0.25) is 0 Å². The first-order valence-electron chi connectivity index (χ1n) is 8.10. The lowest BCUT2D eigenvalue weighted by Gasteiger charge is -2.15. The fourth-order valence-corrected chi connectivity index (χ4v) is 3.14. The van der Waals surface area contributed by atoms with Gasteiger partial charge in [0, 0.05) is 24.9 Å². The molecule has 0 spiro atoms. The molecule has 0 saturated carbocycles. The zero-order valence-electron chi connectivity index (χ0n) is 14.5. The van der Waals surface area contributed by atoms with Crippen LogP contribution >= 0.6 is 35.7 Å². The maximum absolute atomic E-state index is 5.94. The number of para-hydroxylation sites is 1. The van der Waals surface area contributed by atoms with Gasteiger partial charge in [-0.25, -0.2) is 0 Å². The van der Waals surface area contributed by atoms with Gasteiger partial charge in [0.25, 0.3) is 0 Å². The summed E-state index contributed by atoms with van der Waals surface area (Å²) in [5.41, 5.74) is 2.52. The predicted octanol–water partition coefficient (Wildman–Crippen LogP) is 3.70. The molecule has 4 nitrogen and oxygen atoms in total. The van der Waals surface area contributed by atoms with E-state index in [1.165, 1.54) is 16.0 Å². The van der Waals surface area contributed by atoms with Gasteiger partial charge in [-0.3, -0.25) is 4.99 Å². The molecule has 6 heteroatoms. The third-order valence-electron chi connectivity index (χ3n) is 4.05. The number of ether oxygens (including phenoxy) is 1. The molecular weight excluding hydrogens is 445 g/mol. The largest absolute Gasteiger partial charge is 0.488 e. The fraction of sp³-hybridized carbons (Fsp3) is 0.316. The van der Waals surface area contributed by atoms with Crippen molar-refractivity contribution in [1.82, 2.24) is 10.6 Å². The lowest BCUT2D eigenvalue weighted by molar-refractivity contribution is 0.235. The fourth-order valence-electron chi connectivity index (χ4n) is 2.73. The zero-order valence-corrected chi connectivity index (χ0v) is 17.6. The van der Waals surface area contributed by atoms with E-state index in [-0.39, 0.29) is 30.1 Å². The SMILES string of the molecule is CN=C(NCc1ccc(SC)cc1)NCC1Cc2ccccc2O1.I. The Morgan fingerprint density at radius 2 is 1.92 bits per heavy atom. The summed E-state index contributed by atoms with van der Waals surface area (Å²) in [7, 11) is 1.79. The molecule has 3 rings (SSSR count). The maximum atomic E-state index is 5.94. The number of rotatable bonds is 5. The van der Waals surface area contributed by atoms with Gasteiger partial charge < -0.3 is 15.4 Å². The average molecular weight is 469 g/mol. The van der Waals surface area contributed by atoms with Crippen LogP contribution < -0.4 is 15.4 Å². The second-order valence-electron chi connectivity index (χ2n) is 5.71. The van der Waals surface area contributed by atoms with E-state index in [9.17, 15) is 0 Å². The van der Waals surface area contributed by atoms with Gasteiger partial charge >= 0.3 is 0 Å². The highest BCUT2D eigenvalue weighted by molar-refractivity contribution is 14.0. The molecule has 2 aromatic rings. The van der Waals surface area contributed by atoms with Gasteiger partial charge in [0.05, 0.1) is 6.54 Å². The molecule has 2 N–H and O–H groups in total. The number of nitrogens with one attached hydrogen (secondary N) is 2. The second kappa shape index (κ2) is 9.91. The van der Waals surface area contributed by atoms with Crippen molar-refractivity contribution in [2.75, 3.05) is 19.8 Å². The van der Waals surface area contributed by atoms with E-state index in [0.717, 1.165) is 31.2 Å². The summed E-state index contributed by atoms with van der Waals surface area (Å²) in [5, 5.41) is 6.69. The number of guanidine groups is 1. The Morgan fingerprint density at radius 3 is 2.60 bits per heavy atom. The lowest BCUT2D eigenvalue weighted by Crippen LogP contribution is -2.41. The van der Waals surface area contributed by atoms with Crippen LogP contribution in [0.5, 0.6) is 5.75 Å². The number of fused-ring (bicyclic) bond motifs is 1. The van der Waals surface area contributed by atoms with E-state index in [4.69, 9.17) is 4.74 Å². The molecule has 0 fully saturated rings. The number of aliphatic imine (C=N–C) groups is 1. The minimum atomic E-state index is 0. The van der Waals surface area contributed by atoms with Crippen LogP contribution in [-0.4, -0.2) is 31.9 Å². The maximum Gasteiger partial charge on any atom is 0.191 e. The summed E-state index contributed by atoms with van der Waals surface area (Å²) in [6.45, 7) is 1.49. The molecule has 0 bridgehead atoms. The highest BCUT2D eigenvalue weighted by Crippen LogP contribution is 2.27. The number of hydrogen-bond donors (Lipinski definition) is 2. The van der Waals surface area contributed by atoms with Crippen LogP contribution in [0.4, 0.5) is 0 Å². The van der Waals surface area contributed by atoms with Crippen molar-refractivity contribution >= 4 is 41.7 Å². The van der Waals surface area contributed by atoms with Crippen molar-refractivity contribution in [2.24, 2.45) is 4.99 Å². The van der Waals surface area contributed by atoms with E-state index in [1.807, 2.05) is 12.1 Å². The van der Waals surface area contributed by atoms with E-state index >= 15 is 0 Å². The van der Waals surface area contributed by atoms with Crippen LogP contribution in [0.15, 0.2) is 58.4 Å². The quantitative estimate of drug-likeness (QED) is 0.304. The van der Waals surface area contributed by atoms with Crippen LogP contribution in [0.3, 0.4) is 0 Å².